The van der Waals surface area contributed by atoms with E-state index in [4.69, 9.17) is 0 Å². The second-order valence-electron chi connectivity index (χ2n) is 2.29. The number of alkyl halides is 1. The van der Waals surface area contributed by atoms with Crippen LogP contribution in [0.25, 0.3) is 0 Å². The van der Waals surface area contributed by atoms with Crippen molar-refractivity contribution in [3.63, 3.8) is 0 Å². The van der Waals surface area contributed by atoms with Gasteiger partial charge in [0.15, 0.2) is 0 Å². The number of rotatable bonds is 0. The van der Waals surface area contributed by atoms with Gasteiger partial charge in [-0.3, -0.25) is 0 Å². The molecule has 0 aromatic heterocycles. The Morgan fingerprint density at radius 1 is 1.80 bits per heavy atom. The van der Waals surface area contributed by atoms with Crippen LogP contribution in [-0.2, 0) is 0 Å². The first-order chi connectivity index (χ1) is 4.61. The zero-order chi connectivity index (χ0) is 7.72. The minimum Gasteiger partial charge on any atom is -0.241 e. The third-order valence-electron chi connectivity index (χ3n) is 1.44. The first-order valence-corrected chi connectivity index (χ1v) is 4.85. The van der Waals surface area contributed by atoms with Crippen molar-refractivity contribution in [1.82, 2.24) is 0 Å². The average Bonchev–Trinajstić information content (AvgIpc) is 1.84. The van der Waals surface area contributed by atoms with Gasteiger partial charge in [0.1, 0.15) is 6.17 Å². The Labute approximate surface area is 81.8 Å². The second kappa shape index (κ2) is 3.34. The zero-order valence-electron chi connectivity index (χ0n) is 5.50. The third-order valence-corrected chi connectivity index (χ3v) is 3.38. The van der Waals surface area contributed by atoms with E-state index in [-0.39, 0.29) is 0 Å². The molecule has 56 valence electrons. The highest BCUT2D eigenvalue weighted by atomic mass is 127. The van der Waals surface area contributed by atoms with Crippen LogP contribution in [0.5, 0.6) is 0 Å². The van der Waals surface area contributed by atoms with Crippen LogP contribution < -0.4 is 0 Å². The van der Waals surface area contributed by atoms with Crippen LogP contribution in [0.2, 0.25) is 0 Å². The second-order valence-corrected chi connectivity index (χ2v) is 4.49. The molecule has 0 spiro atoms. The van der Waals surface area contributed by atoms with E-state index in [9.17, 15) is 4.39 Å². The summed E-state index contributed by atoms with van der Waals surface area (Å²) < 4.78 is 14.7. The van der Waals surface area contributed by atoms with Gasteiger partial charge in [0, 0.05) is 14.5 Å². The van der Waals surface area contributed by atoms with Crippen LogP contribution in [-0.4, -0.2) is 6.17 Å². The van der Waals surface area contributed by atoms with Gasteiger partial charge in [-0.05, 0) is 41.2 Å². The van der Waals surface area contributed by atoms with Gasteiger partial charge in [0.25, 0.3) is 0 Å². The van der Waals surface area contributed by atoms with E-state index in [1.165, 1.54) is 0 Å². The Balaban J connectivity index is 2.88. The molecule has 0 aromatic carbocycles. The van der Waals surface area contributed by atoms with Gasteiger partial charge in [0.05, 0.1) is 0 Å². The van der Waals surface area contributed by atoms with Crippen LogP contribution in [0.3, 0.4) is 0 Å². The van der Waals surface area contributed by atoms with Crippen molar-refractivity contribution in [2.75, 3.05) is 0 Å². The van der Waals surface area contributed by atoms with E-state index in [1.54, 1.807) is 0 Å². The average molecular weight is 317 g/mol. The van der Waals surface area contributed by atoms with Crippen LogP contribution in [0.1, 0.15) is 13.3 Å². The Morgan fingerprint density at radius 3 is 2.90 bits per heavy atom. The lowest BCUT2D eigenvalue weighted by molar-refractivity contribution is 0.396. The summed E-state index contributed by atoms with van der Waals surface area (Å²) in [6, 6.07) is 0. The Bertz CT molecular complexity index is 208. The van der Waals surface area contributed by atoms with Crippen LogP contribution in [0.15, 0.2) is 19.7 Å². The fourth-order valence-electron chi connectivity index (χ4n) is 0.791. The Morgan fingerprint density at radius 2 is 2.40 bits per heavy atom. The summed E-state index contributed by atoms with van der Waals surface area (Å²) in [5.74, 6) is 0. The van der Waals surface area contributed by atoms with Crippen molar-refractivity contribution in [2.24, 2.45) is 0 Å². The van der Waals surface area contributed by atoms with E-state index < -0.39 is 6.17 Å². The van der Waals surface area contributed by atoms with E-state index >= 15 is 0 Å². The largest absolute Gasteiger partial charge is 0.241 e. The summed E-state index contributed by atoms with van der Waals surface area (Å²) in [5.41, 5.74) is 1.14. The summed E-state index contributed by atoms with van der Waals surface area (Å²) in [6.45, 7) is 1.98. The van der Waals surface area contributed by atoms with Gasteiger partial charge in [-0.1, -0.05) is 15.9 Å². The first-order valence-electron chi connectivity index (χ1n) is 2.97. The van der Waals surface area contributed by atoms with Gasteiger partial charge < -0.3 is 0 Å². The molecule has 0 heterocycles. The maximum Gasteiger partial charge on any atom is 0.135 e. The van der Waals surface area contributed by atoms with Gasteiger partial charge in [0.2, 0.25) is 0 Å². The fourth-order valence-corrected chi connectivity index (χ4v) is 1.88. The minimum absolute atomic E-state index is 0.501. The van der Waals surface area contributed by atoms with Gasteiger partial charge in [-0.25, -0.2) is 4.39 Å². The molecular weight excluding hydrogens is 310 g/mol. The molecule has 0 fully saturated rings. The van der Waals surface area contributed by atoms with E-state index in [1.807, 2.05) is 35.6 Å². The molecule has 1 aliphatic rings. The maximum absolute atomic E-state index is 12.9. The van der Waals surface area contributed by atoms with Crippen molar-refractivity contribution in [1.29, 1.82) is 0 Å². The highest BCUT2D eigenvalue weighted by molar-refractivity contribution is 14.1. The van der Waals surface area contributed by atoms with E-state index in [2.05, 4.69) is 15.9 Å². The highest BCUT2D eigenvalue weighted by Gasteiger charge is 2.17. The lowest BCUT2D eigenvalue weighted by Crippen LogP contribution is -2.04. The van der Waals surface area contributed by atoms with E-state index in [0.29, 0.717) is 6.42 Å². The topological polar surface area (TPSA) is 0 Å². The van der Waals surface area contributed by atoms with Crippen molar-refractivity contribution in [3.8, 4) is 0 Å². The maximum atomic E-state index is 12.9. The summed E-state index contributed by atoms with van der Waals surface area (Å²) in [6.07, 6.45) is 1.58. The summed E-state index contributed by atoms with van der Waals surface area (Å²) in [7, 11) is 0. The molecule has 0 saturated carbocycles. The Hall–Kier alpha value is 0.620. The molecule has 0 nitrogen and oxygen atoms in total. The van der Waals surface area contributed by atoms with Gasteiger partial charge >= 0.3 is 0 Å². The summed E-state index contributed by atoms with van der Waals surface area (Å²) in [4.78, 5) is 0. The minimum atomic E-state index is -0.793. The lowest BCUT2D eigenvalue weighted by atomic mass is 10.1. The summed E-state index contributed by atoms with van der Waals surface area (Å²) in [5, 5.41) is 0. The van der Waals surface area contributed by atoms with Gasteiger partial charge in [-0.2, -0.15) is 0 Å². The molecule has 1 rings (SSSR count). The smallest absolute Gasteiger partial charge is 0.135 e. The molecule has 0 radical (unpaired) electrons. The normalized spacial score (nSPS) is 26.8. The Kier molecular flexibility index (Phi) is 2.91. The molecule has 0 amide bonds. The molecule has 10 heavy (non-hydrogen) atoms. The number of hydrogen-bond donors (Lipinski definition) is 0. The molecule has 1 aliphatic carbocycles. The fraction of sp³-hybridized carbons (Fsp3) is 0.429. The quantitative estimate of drug-likeness (QED) is 0.598. The standard InChI is InChI=1S/C7H7BrFI/c1-4-2-7(10)6(9)3-5(4)8/h2,6H,3H2,1H3. The molecule has 3 heteroatoms. The van der Waals surface area contributed by atoms with Crippen molar-refractivity contribution < 1.29 is 4.39 Å². The molecule has 0 N–H and O–H groups in total. The van der Waals surface area contributed by atoms with Crippen LogP contribution >= 0.6 is 38.5 Å². The molecule has 0 saturated heterocycles. The molecule has 0 aromatic rings. The molecule has 0 bridgehead atoms. The van der Waals surface area contributed by atoms with Gasteiger partial charge in [-0.15, -0.1) is 0 Å². The zero-order valence-corrected chi connectivity index (χ0v) is 9.24. The van der Waals surface area contributed by atoms with Crippen LogP contribution in [0.4, 0.5) is 4.39 Å². The number of allylic oxidation sites excluding steroid dienone is 4. The first kappa shape index (κ1) is 8.71. The van der Waals surface area contributed by atoms with Crippen LogP contribution in [0, 0.1) is 0 Å². The monoisotopic (exact) mass is 316 g/mol. The number of hydrogen-bond acceptors (Lipinski definition) is 0. The highest BCUT2D eigenvalue weighted by Crippen LogP contribution is 2.32. The predicted octanol–water partition coefficient (Wildman–Crippen LogP) is 3.72. The SMILES string of the molecule is CC1=C(Br)CC(F)C(I)=C1. The van der Waals surface area contributed by atoms with Crippen molar-refractivity contribution >= 4 is 38.5 Å². The molecule has 0 aliphatic heterocycles. The predicted molar refractivity (Wildman–Crippen MR) is 53.2 cm³/mol. The molecule has 1 unspecified atom stereocenters. The van der Waals surface area contributed by atoms with E-state index in [0.717, 1.165) is 13.6 Å². The summed E-state index contributed by atoms with van der Waals surface area (Å²) >= 11 is 5.35. The molecular formula is C7H7BrFI. The molecule has 1 atom stereocenters. The third kappa shape index (κ3) is 1.81. The lowest BCUT2D eigenvalue weighted by Gasteiger charge is -2.13. The van der Waals surface area contributed by atoms with Crippen molar-refractivity contribution in [2.45, 2.75) is 19.5 Å². The van der Waals surface area contributed by atoms with Crippen molar-refractivity contribution in [3.05, 3.63) is 19.7 Å². The number of halogens is 3.